The van der Waals surface area contributed by atoms with Gasteiger partial charge in [-0.2, -0.15) is 0 Å². The zero-order valence-corrected chi connectivity index (χ0v) is 10.9. The molecule has 0 bridgehead atoms. The minimum absolute atomic E-state index is 0.0863. The molecule has 1 aromatic heterocycles. The molecule has 1 aromatic carbocycles. The van der Waals surface area contributed by atoms with Gasteiger partial charge >= 0.3 is 5.97 Å². The fourth-order valence-electron chi connectivity index (χ4n) is 1.62. The van der Waals surface area contributed by atoms with Crippen LogP contribution in [0.2, 0.25) is 0 Å². The van der Waals surface area contributed by atoms with Gasteiger partial charge in [-0.1, -0.05) is 12.1 Å². The largest absolute Gasteiger partial charge is 0.493 e. The summed E-state index contributed by atoms with van der Waals surface area (Å²) in [5.41, 5.74) is 0.708. The van der Waals surface area contributed by atoms with Crippen molar-refractivity contribution >= 4 is 5.97 Å². The van der Waals surface area contributed by atoms with Crippen molar-refractivity contribution in [3.63, 3.8) is 0 Å². The van der Waals surface area contributed by atoms with Crippen LogP contribution >= 0.6 is 0 Å². The summed E-state index contributed by atoms with van der Waals surface area (Å²) in [6.45, 7) is 4.48. The molecule has 1 heterocycles. The van der Waals surface area contributed by atoms with Gasteiger partial charge in [-0.25, -0.2) is 9.78 Å². The normalized spacial score (nSPS) is 10.2. The van der Waals surface area contributed by atoms with Crippen molar-refractivity contribution in [2.24, 2.45) is 0 Å². The van der Waals surface area contributed by atoms with Gasteiger partial charge in [-0.15, -0.1) is 0 Å². The summed E-state index contributed by atoms with van der Waals surface area (Å²) >= 11 is 0. The van der Waals surface area contributed by atoms with Crippen LogP contribution < -0.4 is 4.74 Å². The lowest BCUT2D eigenvalue weighted by atomic mass is 10.2. The lowest BCUT2D eigenvalue weighted by molar-refractivity contribution is 0.0491. The molecule has 0 aliphatic carbocycles. The number of oxazole rings is 1. The number of para-hydroxylation sites is 1. The summed E-state index contributed by atoms with van der Waals surface area (Å²) in [6.07, 6.45) is 1.36. The number of rotatable bonds is 5. The highest BCUT2D eigenvalue weighted by Gasteiger charge is 2.16. The molecule has 0 amide bonds. The number of carbonyl (C=O) groups is 1. The number of hydrogen-bond donors (Lipinski definition) is 0. The average Bonchev–Trinajstić information content (AvgIpc) is 2.90. The second kappa shape index (κ2) is 6.04. The van der Waals surface area contributed by atoms with E-state index in [9.17, 15) is 4.79 Å². The molecule has 0 spiro atoms. The molecule has 0 unspecified atom stereocenters. The van der Waals surface area contributed by atoms with Crippen molar-refractivity contribution in [2.75, 3.05) is 13.2 Å². The van der Waals surface area contributed by atoms with E-state index in [0.717, 1.165) is 0 Å². The molecule has 0 aliphatic heterocycles. The Hall–Kier alpha value is -2.30. The van der Waals surface area contributed by atoms with E-state index in [0.29, 0.717) is 30.4 Å². The average molecular weight is 261 g/mol. The van der Waals surface area contributed by atoms with Crippen molar-refractivity contribution in [3.05, 3.63) is 36.2 Å². The molecule has 0 aliphatic rings. The first-order chi connectivity index (χ1) is 9.26. The van der Waals surface area contributed by atoms with Crippen molar-refractivity contribution in [3.8, 4) is 17.2 Å². The van der Waals surface area contributed by atoms with Gasteiger partial charge in [0.1, 0.15) is 5.75 Å². The number of esters is 1. The second-order valence-corrected chi connectivity index (χ2v) is 3.68. The highest BCUT2D eigenvalue weighted by molar-refractivity contribution is 5.86. The Bertz CT molecular complexity index is 562. The number of ether oxygens (including phenoxy) is 2. The smallest absolute Gasteiger partial charge is 0.375 e. The molecule has 2 rings (SSSR count). The number of hydrogen-bond acceptors (Lipinski definition) is 5. The van der Waals surface area contributed by atoms with Crippen molar-refractivity contribution in [1.29, 1.82) is 0 Å². The van der Waals surface area contributed by atoms with Crippen LogP contribution in [0.15, 0.2) is 34.9 Å². The van der Waals surface area contributed by atoms with Gasteiger partial charge < -0.3 is 13.9 Å². The van der Waals surface area contributed by atoms with Gasteiger partial charge in [0, 0.05) is 0 Å². The molecule has 19 heavy (non-hydrogen) atoms. The molecule has 0 fully saturated rings. The minimum Gasteiger partial charge on any atom is -0.493 e. The van der Waals surface area contributed by atoms with Crippen molar-refractivity contribution in [1.82, 2.24) is 4.98 Å². The van der Waals surface area contributed by atoms with E-state index in [4.69, 9.17) is 13.9 Å². The Morgan fingerprint density at radius 2 is 2.05 bits per heavy atom. The standard InChI is InChI=1S/C14H15NO4/c1-3-17-11-8-6-5-7-10(11)13-15-9-12(19-13)14(16)18-4-2/h5-9H,3-4H2,1-2H3. The molecule has 5 heteroatoms. The number of aromatic nitrogens is 1. The maximum Gasteiger partial charge on any atom is 0.375 e. The van der Waals surface area contributed by atoms with Gasteiger partial charge in [0.2, 0.25) is 11.7 Å². The van der Waals surface area contributed by atoms with Gasteiger partial charge in [0.25, 0.3) is 0 Å². The van der Waals surface area contributed by atoms with Crippen LogP contribution in [0, 0.1) is 0 Å². The fraction of sp³-hybridized carbons (Fsp3) is 0.286. The van der Waals surface area contributed by atoms with E-state index < -0.39 is 5.97 Å². The van der Waals surface area contributed by atoms with Crippen LogP contribution in [-0.4, -0.2) is 24.2 Å². The van der Waals surface area contributed by atoms with Crippen LogP contribution in [0.3, 0.4) is 0 Å². The van der Waals surface area contributed by atoms with E-state index in [1.807, 2.05) is 31.2 Å². The van der Waals surface area contributed by atoms with Crippen LogP contribution in [0.4, 0.5) is 0 Å². The molecule has 0 atom stereocenters. The summed E-state index contributed by atoms with van der Waals surface area (Å²) < 4.78 is 15.7. The van der Waals surface area contributed by atoms with E-state index in [-0.39, 0.29) is 5.76 Å². The molecule has 2 aromatic rings. The lowest BCUT2D eigenvalue weighted by Crippen LogP contribution is -2.02. The fourth-order valence-corrected chi connectivity index (χ4v) is 1.62. The summed E-state index contributed by atoms with van der Waals surface area (Å²) in [5, 5.41) is 0. The summed E-state index contributed by atoms with van der Waals surface area (Å²) in [7, 11) is 0. The second-order valence-electron chi connectivity index (χ2n) is 3.68. The summed E-state index contributed by atoms with van der Waals surface area (Å²) in [6, 6.07) is 7.37. The molecule has 0 radical (unpaired) electrons. The van der Waals surface area contributed by atoms with Crippen LogP contribution in [-0.2, 0) is 4.74 Å². The predicted molar refractivity (Wildman–Crippen MR) is 69.1 cm³/mol. The lowest BCUT2D eigenvalue weighted by Gasteiger charge is -2.06. The molecule has 0 N–H and O–H groups in total. The zero-order chi connectivity index (χ0) is 13.7. The number of carbonyl (C=O) groups excluding carboxylic acids is 1. The van der Waals surface area contributed by atoms with Crippen LogP contribution in [0.25, 0.3) is 11.5 Å². The molecule has 0 saturated carbocycles. The quantitative estimate of drug-likeness (QED) is 0.774. The van der Waals surface area contributed by atoms with Crippen molar-refractivity contribution < 1.29 is 18.7 Å². The predicted octanol–water partition coefficient (Wildman–Crippen LogP) is 2.92. The van der Waals surface area contributed by atoms with Gasteiger partial charge in [0.05, 0.1) is 25.0 Å². The van der Waals surface area contributed by atoms with E-state index in [1.165, 1.54) is 6.20 Å². The Morgan fingerprint density at radius 3 is 2.79 bits per heavy atom. The highest BCUT2D eigenvalue weighted by atomic mass is 16.5. The molecule has 5 nitrogen and oxygen atoms in total. The molecule has 100 valence electrons. The third-order valence-electron chi connectivity index (χ3n) is 2.40. The first-order valence-corrected chi connectivity index (χ1v) is 6.11. The molecule has 0 saturated heterocycles. The van der Waals surface area contributed by atoms with E-state index >= 15 is 0 Å². The van der Waals surface area contributed by atoms with Gasteiger partial charge in [0.15, 0.2) is 0 Å². The third-order valence-corrected chi connectivity index (χ3v) is 2.40. The number of benzene rings is 1. The number of nitrogens with zero attached hydrogens (tertiary/aromatic N) is 1. The third kappa shape index (κ3) is 2.93. The van der Waals surface area contributed by atoms with Gasteiger partial charge in [-0.05, 0) is 26.0 Å². The first kappa shape index (κ1) is 13.1. The minimum atomic E-state index is -0.518. The molecular formula is C14H15NO4. The van der Waals surface area contributed by atoms with Gasteiger partial charge in [-0.3, -0.25) is 0 Å². The highest BCUT2D eigenvalue weighted by Crippen LogP contribution is 2.29. The van der Waals surface area contributed by atoms with Crippen LogP contribution in [0.1, 0.15) is 24.4 Å². The summed E-state index contributed by atoms with van der Waals surface area (Å²) in [5.74, 6) is 0.577. The molecular weight excluding hydrogens is 246 g/mol. The first-order valence-electron chi connectivity index (χ1n) is 6.11. The SMILES string of the molecule is CCOC(=O)c1cnc(-c2ccccc2OCC)o1. The zero-order valence-electron chi connectivity index (χ0n) is 10.9. The monoisotopic (exact) mass is 261 g/mol. The van der Waals surface area contributed by atoms with Crippen LogP contribution in [0.5, 0.6) is 5.75 Å². The van der Waals surface area contributed by atoms with E-state index in [1.54, 1.807) is 6.92 Å². The topological polar surface area (TPSA) is 61.6 Å². The maximum atomic E-state index is 11.5. The Morgan fingerprint density at radius 1 is 1.26 bits per heavy atom. The van der Waals surface area contributed by atoms with E-state index in [2.05, 4.69) is 4.98 Å². The Balaban J connectivity index is 2.30. The summed E-state index contributed by atoms with van der Waals surface area (Å²) in [4.78, 5) is 15.6. The maximum absolute atomic E-state index is 11.5. The Kier molecular flexibility index (Phi) is 4.18. The van der Waals surface area contributed by atoms with Crippen molar-refractivity contribution in [2.45, 2.75) is 13.8 Å². The Labute approximate surface area is 111 Å².